The summed E-state index contributed by atoms with van der Waals surface area (Å²) in [4.78, 5) is 3.43. The van der Waals surface area contributed by atoms with Crippen molar-refractivity contribution in [3.63, 3.8) is 0 Å². The summed E-state index contributed by atoms with van der Waals surface area (Å²) in [5, 5.41) is 17.0. The SMILES string of the molecule is N#Cc1c[c]cnc1O. The van der Waals surface area contributed by atoms with E-state index in [4.69, 9.17) is 10.4 Å². The predicted octanol–water partition coefficient (Wildman–Crippen LogP) is 0.459. The second-order valence-electron chi connectivity index (χ2n) is 1.42. The lowest BCUT2D eigenvalue weighted by molar-refractivity contribution is 0.451. The Morgan fingerprint density at radius 3 is 3.00 bits per heavy atom. The first-order valence-corrected chi connectivity index (χ1v) is 2.30. The number of hydrogen-bond acceptors (Lipinski definition) is 3. The molecule has 1 rings (SSSR count). The van der Waals surface area contributed by atoms with Gasteiger partial charge in [0.1, 0.15) is 11.6 Å². The summed E-state index contributed by atoms with van der Waals surface area (Å²) >= 11 is 0. The summed E-state index contributed by atoms with van der Waals surface area (Å²) in [6, 6.07) is 5.69. The van der Waals surface area contributed by atoms with Gasteiger partial charge in [0.05, 0.1) is 0 Å². The van der Waals surface area contributed by atoms with Crippen LogP contribution < -0.4 is 0 Å². The molecule has 9 heavy (non-hydrogen) atoms. The fraction of sp³-hybridized carbons (Fsp3) is 0. The van der Waals surface area contributed by atoms with Crippen molar-refractivity contribution < 1.29 is 5.11 Å². The quantitative estimate of drug-likeness (QED) is 0.539. The highest BCUT2D eigenvalue weighted by Gasteiger charge is 1.95. The third kappa shape index (κ3) is 0.970. The van der Waals surface area contributed by atoms with Gasteiger partial charge in [-0.25, -0.2) is 4.98 Å². The van der Waals surface area contributed by atoms with Gasteiger partial charge in [-0.1, -0.05) is 0 Å². The van der Waals surface area contributed by atoms with E-state index in [1.165, 1.54) is 12.3 Å². The Bertz CT molecular complexity index is 251. The highest BCUT2D eigenvalue weighted by atomic mass is 16.3. The first-order chi connectivity index (χ1) is 4.34. The molecule has 1 aromatic heterocycles. The lowest BCUT2D eigenvalue weighted by atomic mass is 10.3. The van der Waals surface area contributed by atoms with E-state index in [-0.39, 0.29) is 11.4 Å². The fourth-order valence-corrected chi connectivity index (χ4v) is 0.435. The predicted molar refractivity (Wildman–Crippen MR) is 29.5 cm³/mol. The zero-order valence-electron chi connectivity index (χ0n) is 4.50. The van der Waals surface area contributed by atoms with Crippen molar-refractivity contribution in [2.75, 3.05) is 0 Å². The third-order valence-electron chi connectivity index (χ3n) is 0.850. The Kier molecular flexibility index (Phi) is 1.32. The lowest BCUT2D eigenvalue weighted by Gasteiger charge is -1.88. The Morgan fingerprint density at radius 2 is 2.56 bits per heavy atom. The van der Waals surface area contributed by atoms with Gasteiger partial charge in [-0.3, -0.25) is 0 Å². The van der Waals surface area contributed by atoms with Crippen molar-refractivity contribution in [2.45, 2.75) is 0 Å². The summed E-state index contributed by atoms with van der Waals surface area (Å²) in [5.74, 6) is -0.240. The molecule has 1 radical (unpaired) electrons. The largest absolute Gasteiger partial charge is 0.492 e. The fourth-order valence-electron chi connectivity index (χ4n) is 0.435. The molecule has 0 aliphatic rings. The van der Waals surface area contributed by atoms with Crippen LogP contribution in [0.2, 0.25) is 0 Å². The highest BCUT2D eigenvalue weighted by molar-refractivity contribution is 5.35. The van der Waals surface area contributed by atoms with Crippen LogP contribution in [0, 0.1) is 17.4 Å². The minimum absolute atomic E-state index is 0.150. The molecule has 0 aliphatic heterocycles. The van der Waals surface area contributed by atoms with Crippen LogP contribution in [0.25, 0.3) is 0 Å². The Balaban J connectivity index is 3.20. The number of nitrogens with zero attached hydrogens (tertiary/aromatic N) is 2. The van der Waals surface area contributed by atoms with Crippen molar-refractivity contribution in [1.29, 1.82) is 5.26 Å². The van der Waals surface area contributed by atoms with E-state index >= 15 is 0 Å². The van der Waals surface area contributed by atoms with Gasteiger partial charge in [0, 0.05) is 12.3 Å². The van der Waals surface area contributed by atoms with Gasteiger partial charge in [0.15, 0.2) is 0 Å². The lowest BCUT2D eigenvalue weighted by Crippen LogP contribution is -1.77. The zero-order chi connectivity index (χ0) is 6.69. The van der Waals surface area contributed by atoms with E-state index in [1.54, 1.807) is 6.07 Å². The molecule has 0 aliphatic carbocycles. The summed E-state index contributed by atoms with van der Waals surface area (Å²) in [6.07, 6.45) is 1.30. The molecule has 0 fully saturated rings. The number of rotatable bonds is 0. The van der Waals surface area contributed by atoms with Crippen molar-refractivity contribution in [2.24, 2.45) is 0 Å². The molecule has 1 heterocycles. The minimum atomic E-state index is -0.240. The molecule has 0 saturated carbocycles. The minimum Gasteiger partial charge on any atom is -0.492 e. The maximum Gasteiger partial charge on any atom is 0.229 e. The van der Waals surface area contributed by atoms with Gasteiger partial charge < -0.3 is 5.11 Å². The number of aromatic nitrogens is 1. The van der Waals surface area contributed by atoms with Crippen LogP contribution in [0.4, 0.5) is 0 Å². The average Bonchev–Trinajstić information content (AvgIpc) is 1.89. The van der Waals surface area contributed by atoms with E-state index in [2.05, 4.69) is 11.1 Å². The van der Waals surface area contributed by atoms with Gasteiger partial charge in [-0.05, 0) is 6.07 Å². The molecule has 3 nitrogen and oxygen atoms in total. The van der Waals surface area contributed by atoms with Crippen molar-refractivity contribution in [3.05, 3.63) is 23.9 Å². The molecule has 1 aromatic rings. The number of pyridine rings is 1. The van der Waals surface area contributed by atoms with Crippen LogP contribution in [0.5, 0.6) is 5.88 Å². The van der Waals surface area contributed by atoms with Crippen molar-refractivity contribution in [1.82, 2.24) is 4.98 Å². The molecule has 0 aromatic carbocycles. The van der Waals surface area contributed by atoms with Crippen LogP contribution in [0.1, 0.15) is 5.56 Å². The van der Waals surface area contributed by atoms with Gasteiger partial charge in [-0.15, -0.1) is 0 Å². The summed E-state index contributed by atoms with van der Waals surface area (Å²) in [7, 11) is 0. The van der Waals surface area contributed by atoms with E-state index in [9.17, 15) is 0 Å². The first kappa shape index (κ1) is 5.57. The highest BCUT2D eigenvalue weighted by Crippen LogP contribution is 2.07. The monoisotopic (exact) mass is 119 g/mol. The second-order valence-corrected chi connectivity index (χ2v) is 1.42. The number of nitriles is 1. The standard InChI is InChI=1S/C6H3N2O/c7-4-5-2-1-3-8-6(5)9/h2-3H,(H,8,9). The Labute approximate surface area is 52.2 Å². The number of hydrogen-bond donors (Lipinski definition) is 1. The van der Waals surface area contributed by atoms with E-state index in [0.717, 1.165) is 0 Å². The molecule has 3 heteroatoms. The Hall–Kier alpha value is -1.56. The van der Waals surface area contributed by atoms with Crippen LogP contribution >= 0.6 is 0 Å². The molecule has 0 saturated heterocycles. The normalized spacial score (nSPS) is 8.33. The molecule has 0 bridgehead atoms. The van der Waals surface area contributed by atoms with Crippen molar-refractivity contribution >= 4 is 0 Å². The molecule has 0 amide bonds. The van der Waals surface area contributed by atoms with Gasteiger partial charge >= 0.3 is 0 Å². The van der Waals surface area contributed by atoms with Crippen LogP contribution in [-0.4, -0.2) is 10.1 Å². The summed E-state index contributed by atoms with van der Waals surface area (Å²) in [6.45, 7) is 0. The summed E-state index contributed by atoms with van der Waals surface area (Å²) in [5.41, 5.74) is 0.150. The molecule has 0 spiro atoms. The zero-order valence-corrected chi connectivity index (χ0v) is 4.50. The van der Waals surface area contributed by atoms with Crippen LogP contribution in [-0.2, 0) is 0 Å². The molecule has 1 N–H and O–H groups in total. The third-order valence-corrected chi connectivity index (χ3v) is 0.850. The Morgan fingerprint density at radius 1 is 1.78 bits per heavy atom. The van der Waals surface area contributed by atoms with Crippen LogP contribution in [0.15, 0.2) is 12.3 Å². The molecule has 0 atom stereocenters. The topological polar surface area (TPSA) is 56.9 Å². The van der Waals surface area contributed by atoms with Gasteiger partial charge in [0.2, 0.25) is 5.88 Å². The van der Waals surface area contributed by atoms with E-state index < -0.39 is 0 Å². The molecular weight excluding hydrogens is 116 g/mol. The summed E-state index contributed by atoms with van der Waals surface area (Å²) < 4.78 is 0. The molecule has 43 valence electrons. The van der Waals surface area contributed by atoms with E-state index in [1.807, 2.05) is 0 Å². The molecular formula is C6H3N2O. The maximum atomic E-state index is 8.76. The van der Waals surface area contributed by atoms with E-state index in [0.29, 0.717) is 0 Å². The smallest absolute Gasteiger partial charge is 0.229 e. The van der Waals surface area contributed by atoms with Gasteiger partial charge in [-0.2, -0.15) is 5.26 Å². The first-order valence-electron chi connectivity index (χ1n) is 2.30. The second kappa shape index (κ2) is 2.14. The van der Waals surface area contributed by atoms with Crippen LogP contribution in [0.3, 0.4) is 0 Å². The van der Waals surface area contributed by atoms with Gasteiger partial charge in [0.25, 0.3) is 0 Å². The van der Waals surface area contributed by atoms with Crippen molar-refractivity contribution in [3.8, 4) is 11.9 Å². The maximum absolute atomic E-state index is 8.76. The average molecular weight is 119 g/mol. The number of aromatic hydroxyl groups is 1. The molecule has 0 unspecified atom stereocenters.